The van der Waals surface area contributed by atoms with E-state index in [9.17, 15) is 13.2 Å². The minimum atomic E-state index is -3.23. The molecule has 0 saturated heterocycles. The maximum atomic E-state index is 11.6. The van der Waals surface area contributed by atoms with E-state index in [0.717, 1.165) is 6.26 Å². The molecule has 6 nitrogen and oxygen atoms in total. The zero-order valence-corrected chi connectivity index (χ0v) is 10.7. The van der Waals surface area contributed by atoms with Crippen molar-refractivity contribution in [3.05, 3.63) is 29.0 Å². The van der Waals surface area contributed by atoms with E-state index in [1.165, 1.54) is 18.5 Å². The molecule has 0 saturated carbocycles. The van der Waals surface area contributed by atoms with Gasteiger partial charge in [-0.05, 0) is 6.07 Å². The smallest absolute Gasteiger partial charge is 0.252 e. The van der Waals surface area contributed by atoms with Crippen molar-refractivity contribution in [1.82, 2.24) is 15.0 Å². The average Bonchev–Trinajstić information content (AvgIpc) is 2.23. The van der Waals surface area contributed by atoms with Crippen molar-refractivity contribution < 1.29 is 13.2 Å². The predicted octanol–water partition coefficient (Wildman–Crippen LogP) is 0.0140. The van der Waals surface area contributed by atoms with Crippen molar-refractivity contribution in [3.63, 3.8) is 0 Å². The highest BCUT2D eigenvalue weighted by Crippen LogP contribution is 2.12. The SMILES string of the molecule is CS(=O)(=O)NCCNC(=O)c1ccncc1Cl. The number of hydrogen-bond donors (Lipinski definition) is 2. The molecule has 1 rings (SSSR count). The Morgan fingerprint density at radius 2 is 2.18 bits per heavy atom. The van der Waals surface area contributed by atoms with Gasteiger partial charge in [0.25, 0.3) is 5.91 Å². The van der Waals surface area contributed by atoms with Crippen LogP contribution in [0, 0.1) is 0 Å². The third kappa shape index (κ3) is 5.12. The van der Waals surface area contributed by atoms with Gasteiger partial charge in [-0.3, -0.25) is 9.78 Å². The molecular weight excluding hydrogens is 266 g/mol. The number of sulfonamides is 1. The maximum absolute atomic E-state index is 11.6. The molecule has 0 aliphatic heterocycles. The van der Waals surface area contributed by atoms with Crippen LogP contribution in [0.2, 0.25) is 5.02 Å². The Morgan fingerprint density at radius 1 is 1.47 bits per heavy atom. The van der Waals surface area contributed by atoms with E-state index in [0.29, 0.717) is 5.56 Å². The summed E-state index contributed by atoms with van der Waals surface area (Å²) in [4.78, 5) is 15.3. The largest absolute Gasteiger partial charge is 0.351 e. The molecular formula is C9H12ClN3O3S. The van der Waals surface area contributed by atoms with Crippen molar-refractivity contribution in [2.45, 2.75) is 0 Å². The molecule has 17 heavy (non-hydrogen) atoms. The second-order valence-electron chi connectivity index (χ2n) is 3.28. The molecule has 1 aromatic heterocycles. The van der Waals surface area contributed by atoms with Crippen molar-refractivity contribution in [3.8, 4) is 0 Å². The number of amides is 1. The summed E-state index contributed by atoms with van der Waals surface area (Å²) in [6.07, 6.45) is 3.87. The Kier molecular flexibility index (Phi) is 4.86. The monoisotopic (exact) mass is 277 g/mol. The third-order valence-electron chi connectivity index (χ3n) is 1.79. The predicted molar refractivity (Wildman–Crippen MR) is 64.4 cm³/mol. The second kappa shape index (κ2) is 5.95. The molecule has 94 valence electrons. The summed E-state index contributed by atoms with van der Waals surface area (Å²) in [5.41, 5.74) is 0.307. The topological polar surface area (TPSA) is 88.2 Å². The van der Waals surface area contributed by atoms with Crippen LogP contribution < -0.4 is 10.0 Å². The van der Waals surface area contributed by atoms with Gasteiger partial charge in [-0.25, -0.2) is 13.1 Å². The highest BCUT2D eigenvalue weighted by molar-refractivity contribution is 7.88. The van der Waals surface area contributed by atoms with E-state index in [1.54, 1.807) is 0 Å². The lowest BCUT2D eigenvalue weighted by molar-refractivity contribution is 0.0954. The van der Waals surface area contributed by atoms with E-state index in [2.05, 4.69) is 15.0 Å². The summed E-state index contributed by atoms with van der Waals surface area (Å²) in [6.45, 7) is 0.317. The highest BCUT2D eigenvalue weighted by Gasteiger charge is 2.09. The van der Waals surface area contributed by atoms with E-state index < -0.39 is 10.0 Å². The van der Waals surface area contributed by atoms with Crippen LogP contribution in [-0.4, -0.2) is 38.7 Å². The number of pyridine rings is 1. The van der Waals surface area contributed by atoms with Gasteiger partial charge >= 0.3 is 0 Å². The van der Waals surface area contributed by atoms with Gasteiger partial charge in [-0.2, -0.15) is 0 Å². The first kappa shape index (κ1) is 13.9. The summed E-state index contributed by atoms with van der Waals surface area (Å²) in [5, 5.41) is 2.79. The van der Waals surface area contributed by atoms with Gasteiger partial charge in [0, 0.05) is 25.5 Å². The van der Waals surface area contributed by atoms with Crippen molar-refractivity contribution in [1.29, 1.82) is 0 Å². The minimum Gasteiger partial charge on any atom is -0.351 e. The van der Waals surface area contributed by atoms with E-state index in [4.69, 9.17) is 11.6 Å². The van der Waals surface area contributed by atoms with Gasteiger partial charge in [0.2, 0.25) is 10.0 Å². The van der Waals surface area contributed by atoms with Crippen LogP contribution in [0.3, 0.4) is 0 Å². The van der Waals surface area contributed by atoms with Gasteiger partial charge in [0.1, 0.15) is 0 Å². The first-order chi connectivity index (χ1) is 7.90. The Morgan fingerprint density at radius 3 is 2.76 bits per heavy atom. The molecule has 0 radical (unpaired) electrons. The lowest BCUT2D eigenvalue weighted by Gasteiger charge is -2.06. The van der Waals surface area contributed by atoms with Gasteiger partial charge in [-0.15, -0.1) is 0 Å². The first-order valence-electron chi connectivity index (χ1n) is 4.72. The molecule has 1 amide bonds. The fourth-order valence-corrected chi connectivity index (χ4v) is 1.75. The van der Waals surface area contributed by atoms with Crippen LogP contribution in [-0.2, 0) is 10.0 Å². The van der Waals surface area contributed by atoms with Gasteiger partial charge in [0.15, 0.2) is 0 Å². The number of nitrogens with zero attached hydrogens (tertiary/aromatic N) is 1. The molecule has 1 aromatic rings. The summed E-state index contributed by atoms with van der Waals surface area (Å²) >= 11 is 5.77. The molecule has 0 aliphatic rings. The van der Waals surface area contributed by atoms with E-state index in [-0.39, 0.29) is 24.0 Å². The molecule has 0 spiro atoms. The molecule has 0 unspecified atom stereocenters. The third-order valence-corrected chi connectivity index (χ3v) is 2.82. The van der Waals surface area contributed by atoms with Crippen LogP contribution in [0.5, 0.6) is 0 Å². The Balaban J connectivity index is 2.44. The zero-order chi connectivity index (χ0) is 12.9. The number of rotatable bonds is 5. The molecule has 0 aromatic carbocycles. The Bertz CT molecular complexity index is 504. The zero-order valence-electron chi connectivity index (χ0n) is 9.10. The quantitative estimate of drug-likeness (QED) is 0.743. The Hall–Kier alpha value is -1.18. The summed E-state index contributed by atoms with van der Waals surface area (Å²) in [6, 6.07) is 1.49. The van der Waals surface area contributed by atoms with Gasteiger partial charge in [0.05, 0.1) is 16.8 Å². The minimum absolute atomic E-state index is 0.132. The summed E-state index contributed by atoms with van der Waals surface area (Å²) < 4.78 is 23.7. The molecule has 8 heteroatoms. The van der Waals surface area contributed by atoms with Crippen molar-refractivity contribution in [2.75, 3.05) is 19.3 Å². The van der Waals surface area contributed by atoms with E-state index in [1.807, 2.05) is 0 Å². The second-order valence-corrected chi connectivity index (χ2v) is 5.52. The summed E-state index contributed by atoms with van der Waals surface area (Å²) in [7, 11) is -3.23. The van der Waals surface area contributed by atoms with Crippen LogP contribution in [0.1, 0.15) is 10.4 Å². The molecule has 0 aliphatic carbocycles. The standard InChI is InChI=1S/C9H12ClN3O3S/c1-17(15,16)13-5-4-12-9(14)7-2-3-11-6-8(7)10/h2-3,6,13H,4-5H2,1H3,(H,12,14). The number of carbonyl (C=O) groups is 1. The Labute approximate surface area is 104 Å². The number of carbonyl (C=O) groups excluding carboxylic acids is 1. The average molecular weight is 278 g/mol. The fourth-order valence-electron chi connectivity index (χ4n) is 1.07. The highest BCUT2D eigenvalue weighted by atomic mass is 35.5. The van der Waals surface area contributed by atoms with Crippen LogP contribution in [0.4, 0.5) is 0 Å². The summed E-state index contributed by atoms with van der Waals surface area (Å²) in [5.74, 6) is -0.368. The van der Waals surface area contributed by atoms with Crippen LogP contribution >= 0.6 is 11.6 Å². The lowest BCUT2D eigenvalue weighted by Crippen LogP contribution is -2.34. The molecule has 0 atom stereocenters. The van der Waals surface area contributed by atoms with Gasteiger partial charge < -0.3 is 5.32 Å². The number of aromatic nitrogens is 1. The molecule has 0 bridgehead atoms. The van der Waals surface area contributed by atoms with Crippen LogP contribution in [0.15, 0.2) is 18.5 Å². The van der Waals surface area contributed by atoms with Crippen molar-refractivity contribution in [2.24, 2.45) is 0 Å². The first-order valence-corrected chi connectivity index (χ1v) is 6.99. The molecule has 2 N–H and O–H groups in total. The molecule has 1 heterocycles. The number of halogens is 1. The lowest BCUT2D eigenvalue weighted by atomic mass is 10.2. The van der Waals surface area contributed by atoms with Crippen molar-refractivity contribution >= 4 is 27.5 Å². The number of hydrogen-bond acceptors (Lipinski definition) is 4. The number of nitrogens with one attached hydrogen (secondary N) is 2. The fraction of sp³-hybridized carbons (Fsp3) is 0.333. The van der Waals surface area contributed by atoms with E-state index >= 15 is 0 Å². The maximum Gasteiger partial charge on any atom is 0.252 e. The normalized spacial score (nSPS) is 11.2. The van der Waals surface area contributed by atoms with Crippen LogP contribution in [0.25, 0.3) is 0 Å². The van der Waals surface area contributed by atoms with Gasteiger partial charge in [-0.1, -0.05) is 11.6 Å². The molecule has 0 fully saturated rings.